The topological polar surface area (TPSA) is 58.6 Å². The normalized spacial score (nSPS) is 16.6. The van der Waals surface area contributed by atoms with Gasteiger partial charge in [-0.1, -0.05) is 36.4 Å². The highest BCUT2D eigenvalue weighted by atomic mass is 32.1. The van der Waals surface area contributed by atoms with Gasteiger partial charge in [0, 0.05) is 17.8 Å². The first-order valence-electron chi connectivity index (χ1n) is 9.11. The first kappa shape index (κ1) is 18.4. The number of nitrogens with one attached hydrogen (secondary N) is 1. The zero-order valence-corrected chi connectivity index (χ0v) is 16.0. The van der Waals surface area contributed by atoms with E-state index in [0.717, 1.165) is 5.56 Å². The number of rotatable bonds is 4. The van der Waals surface area contributed by atoms with Gasteiger partial charge in [0.25, 0.3) is 11.8 Å². The SMILES string of the molecule is O=C(Nc1ccc(C(=O)N2CCOC(c3ccccc3)C2)cc1)c1cccs1. The van der Waals surface area contributed by atoms with Crippen LogP contribution in [-0.2, 0) is 4.74 Å². The molecule has 1 aliphatic rings. The van der Waals surface area contributed by atoms with Gasteiger partial charge in [-0.3, -0.25) is 9.59 Å². The van der Waals surface area contributed by atoms with Crippen molar-refractivity contribution >= 4 is 28.8 Å². The maximum Gasteiger partial charge on any atom is 0.265 e. The molecule has 1 aromatic heterocycles. The number of hydrogen-bond acceptors (Lipinski definition) is 4. The van der Waals surface area contributed by atoms with E-state index in [0.29, 0.717) is 35.8 Å². The van der Waals surface area contributed by atoms with Gasteiger partial charge in [-0.15, -0.1) is 11.3 Å². The minimum absolute atomic E-state index is 0.0274. The van der Waals surface area contributed by atoms with E-state index in [4.69, 9.17) is 4.74 Å². The average molecular weight is 392 g/mol. The van der Waals surface area contributed by atoms with Crippen molar-refractivity contribution < 1.29 is 14.3 Å². The minimum atomic E-state index is -0.145. The second kappa shape index (κ2) is 8.37. The molecule has 28 heavy (non-hydrogen) atoms. The lowest BCUT2D eigenvalue weighted by Crippen LogP contribution is -2.42. The van der Waals surface area contributed by atoms with E-state index < -0.39 is 0 Å². The lowest BCUT2D eigenvalue weighted by atomic mass is 10.1. The van der Waals surface area contributed by atoms with Crippen molar-refractivity contribution in [3.8, 4) is 0 Å². The summed E-state index contributed by atoms with van der Waals surface area (Å²) in [6.07, 6.45) is -0.108. The van der Waals surface area contributed by atoms with Crippen molar-refractivity contribution in [2.75, 3.05) is 25.0 Å². The lowest BCUT2D eigenvalue weighted by molar-refractivity contribution is -0.0228. The smallest absolute Gasteiger partial charge is 0.265 e. The molecule has 3 aromatic rings. The van der Waals surface area contributed by atoms with Gasteiger partial charge >= 0.3 is 0 Å². The second-order valence-corrected chi connectivity index (χ2v) is 7.48. The predicted octanol–water partition coefficient (Wildman–Crippen LogP) is 4.21. The molecule has 0 radical (unpaired) electrons. The predicted molar refractivity (Wildman–Crippen MR) is 110 cm³/mol. The Morgan fingerprint density at radius 3 is 2.50 bits per heavy atom. The Labute approximate surface area is 167 Å². The Bertz CT molecular complexity index is 940. The van der Waals surface area contributed by atoms with E-state index >= 15 is 0 Å². The second-order valence-electron chi connectivity index (χ2n) is 6.53. The highest BCUT2D eigenvalue weighted by Gasteiger charge is 2.26. The van der Waals surface area contributed by atoms with E-state index in [-0.39, 0.29) is 17.9 Å². The van der Waals surface area contributed by atoms with Gasteiger partial charge in [0.15, 0.2) is 0 Å². The summed E-state index contributed by atoms with van der Waals surface area (Å²) < 4.78 is 5.84. The molecule has 2 heterocycles. The molecule has 0 spiro atoms. The Balaban J connectivity index is 1.41. The van der Waals surface area contributed by atoms with Gasteiger partial charge in [-0.05, 0) is 41.3 Å². The first-order chi connectivity index (χ1) is 13.7. The van der Waals surface area contributed by atoms with Crippen LogP contribution in [0.15, 0.2) is 72.1 Å². The number of carbonyl (C=O) groups excluding carboxylic acids is 2. The van der Waals surface area contributed by atoms with Gasteiger partial charge in [-0.25, -0.2) is 0 Å². The Morgan fingerprint density at radius 1 is 1.00 bits per heavy atom. The molecule has 0 aliphatic carbocycles. The van der Waals surface area contributed by atoms with Crippen LogP contribution in [-0.4, -0.2) is 36.4 Å². The molecule has 1 unspecified atom stereocenters. The van der Waals surface area contributed by atoms with E-state index in [2.05, 4.69) is 5.32 Å². The highest BCUT2D eigenvalue weighted by molar-refractivity contribution is 7.12. The van der Waals surface area contributed by atoms with Crippen molar-refractivity contribution in [1.82, 2.24) is 4.90 Å². The molecule has 1 aliphatic heterocycles. The van der Waals surface area contributed by atoms with Gasteiger partial charge in [0.05, 0.1) is 18.0 Å². The van der Waals surface area contributed by atoms with Crippen LogP contribution in [0.5, 0.6) is 0 Å². The Hall–Kier alpha value is -2.96. The van der Waals surface area contributed by atoms with Crippen molar-refractivity contribution in [3.05, 3.63) is 88.1 Å². The van der Waals surface area contributed by atoms with Crippen LogP contribution >= 0.6 is 11.3 Å². The van der Waals surface area contributed by atoms with E-state index in [9.17, 15) is 9.59 Å². The molecule has 0 bridgehead atoms. The minimum Gasteiger partial charge on any atom is -0.370 e. The van der Waals surface area contributed by atoms with E-state index in [1.807, 2.05) is 46.7 Å². The maximum absolute atomic E-state index is 12.9. The third-order valence-electron chi connectivity index (χ3n) is 4.66. The number of thiophene rings is 1. The molecule has 4 rings (SSSR count). The molecular weight excluding hydrogens is 372 g/mol. The first-order valence-corrected chi connectivity index (χ1v) is 9.99. The van der Waals surface area contributed by atoms with Crippen LogP contribution in [0.1, 0.15) is 31.7 Å². The van der Waals surface area contributed by atoms with Crippen LogP contribution < -0.4 is 5.32 Å². The van der Waals surface area contributed by atoms with E-state index in [1.54, 1.807) is 30.3 Å². The number of anilines is 1. The quantitative estimate of drug-likeness (QED) is 0.723. The summed E-state index contributed by atoms with van der Waals surface area (Å²) >= 11 is 1.39. The monoisotopic (exact) mass is 392 g/mol. The van der Waals surface area contributed by atoms with Crippen LogP contribution in [0, 0.1) is 0 Å². The number of morpholine rings is 1. The summed E-state index contributed by atoms with van der Waals surface area (Å²) in [5, 5.41) is 4.71. The van der Waals surface area contributed by atoms with Crippen LogP contribution in [0.2, 0.25) is 0 Å². The Morgan fingerprint density at radius 2 is 1.79 bits per heavy atom. The van der Waals surface area contributed by atoms with Crippen LogP contribution in [0.3, 0.4) is 0 Å². The summed E-state index contributed by atoms with van der Waals surface area (Å²) in [5.41, 5.74) is 2.34. The third-order valence-corrected chi connectivity index (χ3v) is 5.53. The molecule has 1 N–H and O–H groups in total. The average Bonchev–Trinajstić information content (AvgIpc) is 3.30. The number of hydrogen-bond donors (Lipinski definition) is 1. The Kier molecular flexibility index (Phi) is 5.50. The summed E-state index contributed by atoms with van der Waals surface area (Å²) in [5.74, 6) is -0.173. The molecule has 1 fully saturated rings. The zero-order chi connectivity index (χ0) is 19.3. The van der Waals surface area contributed by atoms with Crippen LogP contribution in [0.4, 0.5) is 5.69 Å². The van der Waals surface area contributed by atoms with Crippen molar-refractivity contribution in [2.24, 2.45) is 0 Å². The lowest BCUT2D eigenvalue weighted by Gasteiger charge is -2.33. The number of carbonyl (C=O) groups is 2. The largest absolute Gasteiger partial charge is 0.370 e. The van der Waals surface area contributed by atoms with Gasteiger partial charge < -0.3 is 15.0 Å². The number of nitrogens with zero attached hydrogens (tertiary/aromatic N) is 1. The fourth-order valence-electron chi connectivity index (χ4n) is 3.18. The molecule has 2 amide bonds. The molecule has 1 saturated heterocycles. The fourth-order valence-corrected chi connectivity index (χ4v) is 3.80. The molecule has 1 atom stereocenters. The van der Waals surface area contributed by atoms with Crippen LogP contribution in [0.25, 0.3) is 0 Å². The zero-order valence-electron chi connectivity index (χ0n) is 15.2. The molecule has 5 nitrogen and oxygen atoms in total. The van der Waals surface area contributed by atoms with Gasteiger partial charge in [-0.2, -0.15) is 0 Å². The summed E-state index contributed by atoms with van der Waals surface area (Å²) in [6.45, 7) is 1.61. The maximum atomic E-state index is 12.9. The standard InChI is InChI=1S/C22H20N2O3S/c25-21(20-7-4-14-28-20)23-18-10-8-17(9-11-18)22(26)24-12-13-27-19(15-24)16-5-2-1-3-6-16/h1-11,14,19H,12-13,15H2,(H,23,25). The number of ether oxygens (including phenoxy) is 1. The van der Waals surface area contributed by atoms with Gasteiger partial charge in [0.1, 0.15) is 6.10 Å². The molecule has 142 valence electrons. The molecule has 0 saturated carbocycles. The number of benzene rings is 2. The van der Waals surface area contributed by atoms with Crippen molar-refractivity contribution in [2.45, 2.75) is 6.10 Å². The third kappa shape index (κ3) is 4.13. The summed E-state index contributed by atoms with van der Waals surface area (Å²) in [4.78, 5) is 27.5. The molecular formula is C22H20N2O3S. The van der Waals surface area contributed by atoms with Crippen molar-refractivity contribution in [1.29, 1.82) is 0 Å². The molecule has 2 aromatic carbocycles. The fraction of sp³-hybridized carbons (Fsp3) is 0.182. The van der Waals surface area contributed by atoms with Crippen molar-refractivity contribution in [3.63, 3.8) is 0 Å². The summed E-state index contributed by atoms with van der Waals surface area (Å²) in [6, 6.07) is 20.6. The summed E-state index contributed by atoms with van der Waals surface area (Å²) in [7, 11) is 0. The van der Waals surface area contributed by atoms with E-state index in [1.165, 1.54) is 11.3 Å². The highest BCUT2D eigenvalue weighted by Crippen LogP contribution is 2.23. The molecule has 6 heteroatoms. The number of amides is 2. The van der Waals surface area contributed by atoms with Gasteiger partial charge in [0.2, 0.25) is 0 Å².